The van der Waals surface area contributed by atoms with Crippen molar-refractivity contribution < 1.29 is 23.1 Å². The van der Waals surface area contributed by atoms with Gasteiger partial charge in [-0.2, -0.15) is 0 Å². The first-order valence-electron chi connectivity index (χ1n) is 11.3. The fraction of sp³-hybridized carbons (Fsp3) is 0.400. The monoisotopic (exact) mass is 470 g/mol. The second-order valence-electron chi connectivity index (χ2n) is 8.72. The number of amides is 2. The van der Waals surface area contributed by atoms with Gasteiger partial charge in [0, 0.05) is 31.9 Å². The van der Waals surface area contributed by atoms with Crippen LogP contribution in [0.5, 0.6) is 0 Å². The predicted molar refractivity (Wildman–Crippen MR) is 124 cm³/mol. The molecule has 0 radical (unpaired) electrons. The molecule has 1 atom stereocenters. The van der Waals surface area contributed by atoms with Crippen LogP contribution in [0.25, 0.3) is 16.9 Å². The Balaban J connectivity index is 1.80. The predicted octanol–water partition coefficient (Wildman–Crippen LogP) is 4.36. The number of aromatic nitrogens is 2. The van der Waals surface area contributed by atoms with Crippen molar-refractivity contribution in [2.24, 2.45) is 5.92 Å². The number of methoxy groups -OCH3 is 1. The minimum absolute atomic E-state index is 0.0674. The van der Waals surface area contributed by atoms with Crippen molar-refractivity contribution in [1.29, 1.82) is 0 Å². The molecule has 1 saturated heterocycles. The maximum atomic E-state index is 15.2. The Labute approximate surface area is 196 Å². The number of fused-ring (bicyclic) bond motifs is 1. The van der Waals surface area contributed by atoms with Gasteiger partial charge in [-0.15, -0.1) is 0 Å². The lowest BCUT2D eigenvalue weighted by Gasteiger charge is -2.23. The molecule has 1 N–H and O–H groups in total. The molecule has 0 spiro atoms. The van der Waals surface area contributed by atoms with E-state index in [4.69, 9.17) is 4.74 Å². The number of imidazole rings is 1. The van der Waals surface area contributed by atoms with Gasteiger partial charge in [0.05, 0.1) is 24.1 Å². The van der Waals surface area contributed by atoms with Crippen LogP contribution in [0.4, 0.5) is 13.6 Å². The molecule has 0 aliphatic carbocycles. The van der Waals surface area contributed by atoms with E-state index < -0.39 is 17.5 Å². The van der Waals surface area contributed by atoms with Crippen molar-refractivity contribution in [3.8, 4) is 11.3 Å². The molecule has 9 heteroatoms. The Bertz CT molecular complexity index is 1220. The van der Waals surface area contributed by atoms with E-state index in [0.717, 1.165) is 37.0 Å². The van der Waals surface area contributed by atoms with Gasteiger partial charge in [-0.25, -0.2) is 18.6 Å². The van der Waals surface area contributed by atoms with Crippen LogP contribution in [0.2, 0.25) is 0 Å². The second-order valence-corrected chi connectivity index (χ2v) is 8.72. The van der Waals surface area contributed by atoms with Crippen LogP contribution in [-0.2, 0) is 11.2 Å². The Morgan fingerprint density at radius 2 is 1.94 bits per heavy atom. The van der Waals surface area contributed by atoms with Gasteiger partial charge in [0.25, 0.3) is 5.91 Å². The van der Waals surface area contributed by atoms with Crippen LogP contribution >= 0.6 is 0 Å². The largest absolute Gasteiger partial charge is 0.453 e. The third kappa shape index (κ3) is 4.60. The van der Waals surface area contributed by atoms with E-state index in [1.165, 1.54) is 14.2 Å². The molecule has 2 aromatic heterocycles. The van der Waals surface area contributed by atoms with Crippen LogP contribution in [0.15, 0.2) is 30.5 Å². The Morgan fingerprint density at radius 1 is 1.21 bits per heavy atom. The highest BCUT2D eigenvalue weighted by Crippen LogP contribution is 2.33. The number of rotatable bonds is 4. The van der Waals surface area contributed by atoms with Gasteiger partial charge < -0.3 is 19.4 Å². The molecule has 4 rings (SSSR count). The number of ether oxygens (including phenoxy) is 1. The molecular formula is C25H28F2N4O3. The van der Waals surface area contributed by atoms with Crippen LogP contribution in [0.1, 0.15) is 40.9 Å². The molecule has 0 bridgehead atoms. The highest BCUT2D eigenvalue weighted by Gasteiger charge is 2.28. The second kappa shape index (κ2) is 9.79. The van der Waals surface area contributed by atoms with Crippen LogP contribution < -0.4 is 5.32 Å². The fourth-order valence-corrected chi connectivity index (χ4v) is 4.63. The summed E-state index contributed by atoms with van der Waals surface area (Å²) in [5.41, 5.74) is 2.06. The molecule has 1 unspecified atom stereocenters. The van der Waals surface area contributed by atoms with Gasteiger partial charge in [0.1, 0.15) is 17.3 Å². The molecule has 34 heavy (non-hydrogen) atoms. The molecule has 1 fully saturated rings. The average molecular weight is 471 g/mol. The molecule has 1 aliphatic heterocycles. The van der Waals surface area contributed by atoms with E-state index in [1.54, 1.807) is 4.90 Å². The number of carbonyl (C=O) groups excluding carboxylic acids is 2. The van der Waals surface area contributed by atoms with Crippen LogP contribution in [0.3, 0.4) is 0 Å². The number of hydrogen-bond donors (Lipinski definition) is 1. The summed E-state index contributed by atoms with van der Waals surface area (Å²) >= 11 is 0. The third-order valence-corrected chi connectivity index (χ3v) is 6.33. The zero-order chi connectivity index (χ0) is 24.4. The summed E-state index contributed by atoms with van der Waals surface area (Å²) in [6.07, 6.45) is 4.63. The van der Waals surface area contributed by atoms with Gasteiger partial charge in [-0.05, 0) is 61.9 Å². The Morgan fingerprint density at radius 3 is 2.62 bits per heavy atom. The van der Waals surface area contributed by atoms with Gasteiger partial charge in [-0.3, -0.25) is 4.79 Å². The Hall–Kier alpha value is -3.49. The lowest BCUT2D eigenvalue weighted by atomic mass is 9.95. The minimum Gasteiger partial charge on any atom is -0.453 e. The van der Waals surface area contributed by atoms with Crippen molar-refractivity contribution in [2.75, 3.05) is 27.2 Å². The zero-order valence-corrected chi connectivity index (χ0v) is 19.5. The number of likely N-dealkylation sites (tertiary alicyclic amines) is 1. The van der Waals surface area contributed by atoms with Crippen molar-refractivity contribution in [3.05, 3.63) is 58.9 Å². The summed E-state index contributed by atoms with van der Waals surface area (Å²) in [6, 6.07) is 5.83. The molecule has 3 heterocycles. The van der Waals surface area contributed by atoms with Crippen LogP contribution in [0, 0.1) is 24.5 Å². The highest BCUT2D eigenvalue weighted by molar-refractivity contribution is 5.94. The summed E-state index contributed by atoms with van der Waals surface area (Å²) in [5, 5.41) is 2.38. The lowest BCUT2D eigenvalue weighted by molar-refractivity contribution is 0.0962. The number of benzene rings is 1. The first kappa shape index (κ1) is 23.7. The van der Waals surface area contributed by atoms with E-state index in [9.17, 15) is 9.59 Å². The third-order valence-electron chi connectivity index (χ3n) is 6.33. The number of carbonyl (C=O) groups is 2. The molecule has 1 aliphatic rings. The quantitative estimate of drug-likeness (QED) is 0.615. The van der Waals surface area contributed by atoms with Gasteiger partial charge >= 0.3 is 6.09 Å². The Kier molecular flexibility index (Phi) is 6.81. The first-order valence-corrected chi connectivity index (χ1v) is 11.3. The van der Waals surface area contributed by atoms with Crippen molar-refractivity contribution in [1.82, 2.24) is 19.6 Å². The van der Waals surface area contributed by atoms with Gasteiger partial charge in [0.2, 0.25) is 0 Å². The number of nitrogens with zero attached hydrogens (tertiary/aromatic N) is 3. The summed E-state index contributed by atoms with van der Waals surface area (Å²) in [5.74, 6) is -2.21. The smallest absolute Gasteiger partial charge is 0.409 e. The molecule has 3 aromatic rings. The van der Waals surface area contributed by atoms with E-state index >= 15 is 8.78 Å². The summed E-state index contributed by atoms with van der Waals surface area (Å²) in [7, 11) is 2.76. The lowest BCUT2D eigenvalue weighted by Crippen LogP contribution is -2.35. The van der Waals surface area contributed by atoms with Crippen molar-refractivity contribution >= 4 is 17.6 Å². The number of halogens is 2. The maximum Gasteiger partial charge on any atom is 0.409 e. The molecule has 1 aromatic carbocycles. The first-order chi connectivity index (χ1) is 16.3. The normalized spacial score (nSPS) is 16.4. The van der Waals surface area contributed by atoms with E-state index in [-0.39, 0.29) is 28.8 Å². The molecule has 2 amide bonds. The molecule has 7 nitrogen and oxygen atoms in total. The molecule has 180 valence electrons. The zero-order valence-electron chi connectivity index (χ0n) is 19.5. The number of aryl methyl sites for hydroxylation is 1. The summed E-state index contributed by atoms with van der Waals surface area (Å²) in [6.45, 7) is 3.03. The highest BCUT2D eigenvalue weighted by atomic mass is 19.1. The number of pyridine rings is 1. The number of hydrogen-bond acceptors (Lipinski definition) is 4. The van der Waals surface area contributed by atoms with Crippen LogP contribution in [-0.4, -0.2) is 53.5 Å². The van der Waals surface area contributed by atoms with Gasteiger partial charge in [-0.1, -0.05) is 6.42 Å². The van der Waals surface area contributed by atoms with Gasteiger partial charge in [0.15, 0.2) is 0 Å². The molecular weight excluding hydrogens is 442 g/mol. The summed E-state index contributed by atoms with van der Waals surface area (Å²) in [4.78, 5) is 30.4. The van der Waals surface area contributed by atoms with Crippen molar-refractivity contribution in [2.45, 2.75) is 32.6 Å². The maximum absolute atomic E-state index is 15.2. The van der Waals surface area contributed by atoms with Crippen molar-refractivity contribution in [3.63, 3.8) is 0 Å². The number of nitrogens with one attached hydrogen (secondary N) is 1. The average Bonchev–Trinajstić information content (AvgIpc) is 2.98. The van der Waals surface area contributed by atoms with E-state index in [0.29, 0.717) is 30.9 Å². The molecule has 0 saturated carbocycles. The SMILES string of the molecule is CNC(=O)c1cc(F)c(-c2nc3cc(C)ccn3c2CC2CCCCN(C(=O)OC)C2)c(F)c1. The van der Waals surface area contributed by atoms with E-state index in [1.807, 2.05) is 29.7 Å². The van der Waals surface area contributed by atoms with E-state index in [2.05, 4.69) is 10.3 Å². The fourth-order valence-electron chi connectivity index (χ4n) is 4.63. The topological polar surface area (TPSA) is 75.9 Å². The minimum atomic E-state index is -0.850. The standard InChI is InChI=1S/C25H28F2N4O3/c1-15-7-9-31-20(11-16-6-4-5-8-30(14-16)25(33)34-3)23(29-21(31)10-15)22-18(26)12-17(13-19(22)27)24(32)28-2/h7,9-10,12-13,16H,4-6,8,11,14H2,1-3H3,(H,28,32). The summed E-state index contributed by atoms with van der Waals surface area (Å²) < 4.78 is 37.2.